The number of benzene rings is 3. The molecule has 0 spiro atoms. The zero-order valence-electron chi connectivity index (χ0n) is 23.9. The molecule has 0 aliphatic rings. The summed E-state index contributed by atoms with van der Waals surface area (Å²) < 4.78 is 29.1. The quantitative estimate of drug-likeness (QED) is 0.309. The van der Waals surface area contributed by atoms with Crippen LogP contribution in [-0.2, 0) is 26.2 Å². The molecular weight excluding hydrogens is 546 g/mol. The van der Waals surface area contributed by atoms with Crippen LogP contribution in [0.3, 0.4) is 0 Å². The number of rotatable bonds is 11. The van der Waals surface area contributed by atoms with Gasteiger partial charge in [0, 0.05) is 17.6 Å². The minimum Gasteiger partial charge on any atom is -0.352 e. The maximum absolute atomic E-state index is 14.0. The van der Waals surface area contributed by atoms with Gasteiger partial charge in [-0.2, -0.15) is 0 Å². The standard InChI is InChI=1S/C31H38ClN3O4S/c1-7-24(5)33-31(37)25(6)34(19-26-11-13-27(32)14-12-26)30(36)20-35(29-17-10-22(3)18-23(29)4)40(38,39)28-15-8-21(2)9-16-28/h8-18,24-25H,7,19-20H2,1-6H3,(H,33,37)/t24-,25-/m0/s1. The van der Waals surface area contributed by atoms with Crippen LogP contribution >= 0.6 is 11.6 Å². The molecule has 2 atom stereocenters. The molecule has 2 amide bonds. The Hall–Kier alpha value is -3.36. The summed E-state index contributed by atoms with van der Waals surface area (Å²) in [5, 5.41) is 3.49. The average molecular weight is 584 g/mol. The number of halogens is 1. The monoisotopic (exact) mass is 583 g/mol. The molecule has 1 N–H and O–H groups in total. The highest BCUT2D eigenvalue weighted by Crippen LogP contribution is 2.28. The molecule has 0 fully saturated rings. The van der Waals surface area contributed by atoms with Gasteiger partial charge >= 0.3 is 0 Å². The molecule has 0 radical (unpaired) electrons. The Morgan fingerprint density at radius 1 is 0.900 bits per heavy atom. The highest BCUT2D eigenvalue weighted by atomic mass is 35.5. The fourth-order valence-electron chi connectivity index (χ4n) is 4.27. The van der Waals surface area contributed by atoms with E-state index in [0.717, 1.165) is 33.0 Å². The van der Waals surface area contributed by atoms with Crippen LogP contribution in [0.5, 0.6) is 0 Å². The van der Waals surface area contributed by atoms with Crippen LogP contribution in [0.4, 0.5) is 5.69 Å². The van der Waals surface area contributed by atoms with Gasteiger partial charge in [-0.15, -0.1) is 0 Å². The van der Waals surface area contributed by atoms with Crippen molar-refractivity contribution < 1.29 is 18.0 Å². The van der Waals surface area contributed by atoms with Crippen LogP contribution in [-0.4, -0.2) is 43.8 Å². The highest BCUT2D eigenvalue weighted by Gasteiger charge is 2.33. The van der Waals surface area contributed by atoms with Crippen molar-refractivity contribution in [1.29, 1.82) is 0 Å². The van der Waals surface area contributed by atoms with Crippen molar-refractivity contribution in [3.63, 3.8) is 0 Å². The van der Waals surface area contributed by atoms with Gasteiger partial charge in [-0.25, -0.2) is 8.42 Å². The fraction of sp³-hybridized carbons (Fsp3) is 0.355. The van der Waals surface area contributed by atoms with E-state index < -0.39 is 28.5 Å². The second-order valence-electron chi connectivity index (χ2n) is 10.3. The van der Waals surface area contributed by atoms with Gasteiger partial charge in [0.2, 0.25) is 11.8 Å². The second-order valence-corrected chi connectivity index (χ2v) is 12.6. The van der Waals surface area contributed by atoms with E-state index in [1.54, 1.807) is 61.5 Å². The van der Waals surface area contributed by atoms with E-state index in [0.29, 0.717) is 10.7 Å². The van der Waals surface area contributed by atoms with E-state index in [-0.39, 0.29) is 23.4 Å². The molecule has 0 saturated heterocycles. The lowest BCUT2D eigenvalue weighted by Crippen LogP contribution is -2.52. The molecule has 40 heavy (non-hydrogen) atoms. The summed E-state index contributed by atoms with van der Waals surface area (Å²) in [4.78, 5) is 28.7. The SMILES string of the molecule is CC[C@H](C)NC(=O)[C@H](C)N(Cc1ccc(Cl)cc1)C(=O)CN(c1ccc(C)cc1C)S(=O)(=O)c1ccc(C)cc1. The molecule has 3 rings (SSSR count). The van der Waals surface area contributed by atoms with Gasteiger partial charge in [0.25, 0.3) is 10.0 Å². The van der Waals surface area contributed by atoms with Gasteiger partial charge in [-0.05, 0) is 82.5 Å². The Bertz CT molecular complexity index is 1440. The Kier molecular flexibility index (Phi) is 10.4. The molecule has 0 heterocycles. The van der Waals surface area contributed by atoms with Crippen molar-refractivity contribution in [2.75, 3.05) is 10.8 Å². The second kappa shape index (κ2) is 13.3. The van der Waals surface area contributed by atoms with E-state index in [1.165, 1.54) is 4.90 Å². The summed E-state index contributed by atoms with van der Waals surface area (Å²) in [6.07, 6.45) is 0.735. The van der Waals surface area contributed by atoms with Gasteiger partial charge in [-0.3, -0.25) is 13.9 Å². The molecule has 0 aliphatic heterocycles. The Balaban J connectivity index is 2.05. The average Bonchev–Trinajstić information content (AvgIpc) is 2.91. The van der Waals surface area contributed by atoms with Crippen molar-refractivity contribution in [3.05, 3.63) is 94.0 Å². The molecule has 3 aromatic carbocycles. The third-order valence-electron chi connectivity index (χ3n) is 6.94. The largest absolute Gasteiger partial charge is 0.352 e. The maximum Gasteiger partial charge on any atom is 0.264 e. The maximum atomic E-state index is 14.0. The normalized spacial score (nSPS) is 12.9. The van der Waals surface area contributed by atoms with E-state index in [4.69, 9.17) is 11.6 Å². The molecule has 0 unspecified atom stereocenters. The number of hydrogen-bond acceptors (Lipinski definition) is 4. The molecular formula is C31H38ClN3O4S. The Morgan fingerprint density at radius 3 is 2.08 bits per heavy atom. The zero-order valence-corrected chi connectivity index (χ0v) is 25.5. The predicted octanol–water partition coefficient (Wildman–Crippen LogP) is 5.79. The molecule has 0 aliphatic carbocycles. The number of carbonyl (C=O) groups is 2. The third-order valence-corrected chi connectivity index (χ3v) is 8.97. The topological polar surface area (TPSA) is 86.8 Å². The van der Waals surface area contributed by atoms with Crippen LogP contribution in [0.2, 0.25) is 5.02 Å². The molecule has 3 aromatic rings. The number of sulfonamides is 1. The van der Waals surface area contributed by atoms with Crippen molar-refractivity contribution in [1.82, 2.24) is 10.2 Å². The number of hydrogen-bond donors (Lipinski definition) is 1. The molecule has 0 saturated carbocycles. The molecule has 7 nitrogen and oxygen atoms in total. The van der Waals surface area contributed by atoms with E-state index in [9.17, 15) is 18.0 Å². The number of carbonyl (C=O) groups excluding carboxylic acids is 2. The summed E-state index contributed by atoms with van der Waals surface area (Å²) in [5.41, 5.74) is 3.78. The van der Waals surface area contributed by atoms with Crippen LogP contribution < -0.4 is 9.62 Å². The Labute approximate surface area is 243 Å². The lowest BCUT2D eigenvalue weighted by atomic mass is 10.1. The molecule has 0 bridgehead atoms. The zero-order chi connectivity index (χ0) is 29.6. The predicted molar refractivity (Wildman–Crippen MR) is 161 cm³/mol. The van der Waals surface area contributed by atoms with Gasteiger partial charge in [-0.1, -0.05) is 66.0 Å². The first-order chi connectivity index (χ1) is 18.8. The van der Waals surface area contributed by atoms with Gasteiger partial charge in [0.15, 0.2) is 0 Å². The van der Waals surface area contributed by atoms with Crippen LogP contribution in [0, 0.1) is 20.8 Å². The van der Waals surface area contributed by atoms with Gasteiger partial charge in [0.1, 0.15) is 12.6 Å². The summed E-state index contributed by atoms with van der Waals surface area (Å²) in [7, 11) is -4.11. The first-order valence-corrected chi connectivity index (χ1v) is 15.2. The number of anilines is 1. The summed E-state index contributed by atoms with van der Waals surface area (Å²) in [6, 6.07) is 18.0. The summed E-state index contributed by atoms with van der Waals surface area (Å²) >= 11 is 6.06. The van der Waals surface area contributed by atoms with E-state index in [2.05, 4.69) is 5.32 Å². The number of aryl methyl sites for hydroxylation is 3. The molecule has 214 valence electrons. The fourth-order valence-corrected chi connectivity index (χ4v) is 5.88. The lowest BCUT2D eigenvalue weighted by Gasteiger charge is -2.33. The van der Waals surface area contributed by atoms with Crippen molar-refractivity contribution in [2.24, 2.45) is 0 Å². The van der Waals surface area contributed by atoms with Crippen molar-refractivity contribution in [2.45, 2.75) is 71.5 Å². The lowest BCUT2D eigenvalue weighted by molar-refractivity contribution is -0.139. The van der Waals surface area contributed by atoms with Crippen LogP contribution in [0.15, 0.2) is 71.6 Å². The smallest absolute Gasteiger partial charge is 0.264 e. The molecule has 0 aromatic heterocycles. The van der Waals surface area contributed by atoms with Gasteiger partial charge < -0.3 is 10.2 Å². The van der Waals surface area contributed by atoms with E-state index in [1.807, 2.05) is 46.8 Å². The first-order valence-electron chi connectivity index (χ1n) is 13.3. The van der Waals surface area contributed by atoms with Crippen molar-refractivity contribution in [3.8, 4) is 0 Å². The third kappa shape index (κ3) is 7.64. The molecule has 9 heteroatoms. The Morgan fingerprint density at radius 2 is 1.50 bits per heavy atom. The van der Waals surface area contributed by atoms with E-state index >= 15 is 0 Å². The van der Waals surface area contributed by atoms with Crippen LogP contribution in [0.25, 0.3) is 0 Å². The minimum atomic E-state index is -4.11. The van der Waals surface area contributed by atoms with Crippen LogP contribution in [0.1, 0.15) is 49.4 Å². The first kappa shape index (κ1) is 31.2. The highest BCUT2D eigenvalue weighted by molar-refractivity contribution is 7.92. The van der Waals surface area contributed by atoms with Crippen molar-refractivity contribution >= 4 is 39.1 Å². The summed E-state index contributed by atoms with van der Waals surface area (Å²) in [6.45, 7) is 10.8. The number of nitrogens with zero attached hydrogens (tertiary/aromatic N) is 2. The minimum absolute atomic E-state index is 0.0731. The number of nitrogens with one attached hydrogen (secondary N) is 1. The summed E-state index contributed by atoms with van der Waals surface area (Å²) in [5.74, 6) is -0.812. The number of amides is 2. The van der Waals surface area contributed by atoms with Gasteiger partial charge in [0.05, 0.1) is 10.6 Å².